The molecule has 4 nitrogen and oxygen atoms in total. The van der Waals surface area contributed by atoms with Crippen LogP contribution in [0, 0.1) is 11.3 Å². The summed E-state index contributed by atoms with van der Waals surface area (Å²) in [5, 5.41) is 13.4. The molecule has 3 rings (SSSR count). The number of nitrogen functional groups attached to an aromatic ring is 1. The highest BCUT2D eigenvalue weighted by Gasteiger charge is 2.03. The van der Waals surface area contributed by atoms with Crippen molar-refractivity contribution in [3.8, 4) is 6.07 Å². The fourth-order valence-corrected chi connectivity index (χ4v) is 2.07. The molecule has 0 unspecified atom stereocenters. The summed E-state index contributed by atoms with van der Waals surface area (Å²) in [5.41, 5.74) is 9.38. The third-order valence-corrected chi connectivity index (χ3v) is 3.05. The fourth-order valence-electron chi connectivity index (χ4n) is 2.07. The van der Waals surface area contributed by atoms with Gasteiger partial charge in [-0.25, -0.2) is 0 Å². The highest BCUT2D eigenvalue weighted by Crippen LogP contribution is 2.24. The summed E-state index contributed by atoms with van der Waals surface area (Å²) in [6.45, 7) is 0. The predicted molar refractivity (Wildman–Crippen MR) is 80.6 cm³/mol. The van der Waals surface area contributed by atoms with E-state index in [-0.39, 0.29) is 0 Å². The number of nitriles is 1. The fraction of sp³-hybridized carbons (Fsp3) is 0. The van der Waals surface area contributed by atoms with Crippen molar-refractivity contribution < 1.29 is 0 Å². The summed E-state index contributed by atoms with van der Waals surface area (Å²) in [5.74, 6) is 0. The summed E-state index contributed by atoms with van der Waals surface area (Å²) in [6.07, 6.45) is 1.77. The van der Waals surface area contributed by atoms with Crippen LogP contribution in [0.3, 0.4) is 0 Å². The quantitative estimate of drug-likeness (QED) is 0.692. The molecule has 0 amide bonds. The average molecular weight is 260 g/mol. The monoisotopic (exact) mass is 260 g/mol. The predicted octanol–water partition coefficient (Wildman–Crippen LogP) is 3.43. The van der Waals surface area contributed by atoms with E-state index in [4.69, 9.17) is 11.0 Å². The molecule has 0 saturated heterocycles. The molecule has 0 bridgehead atoms. The molecule has 2 aromatic carbocycles. The molecule has 0 aliphatic rings. The number of nitrogens with zero attached hydrogens (tertiary/aromatic N) is 2. The lowest BCUT2D eigenvalue weighted by molar-refractivity contribution is 1.41. The Balaban J connectivity index is 1.99. The first-order chi connectivity index (χ1) is 9.76. The number of benzene rings is 2. The highest BCUT2D eigenvalue weighted by atomic mass is 14.9. The standard InChI is InChI=1S/C16H12N4/c17-10-12-8-13(18)3-5-16(12)20-14-4-6-15-11(9-14)2-1-7-19-15/h1-9,20H,18H2. The minimum Gasteiger partial charge on any atom is -0.399 e. The number of rotatable bonds is 2. The molecule has 3 N–H and O–H groups in total. The van der Waals surface area contributed by atoms with Crippen LogP contribution in [0.15, 0.2) is 54.7 Å². The maximum absolute atomic E-state index is 9.14. The van der Waals surface area contributed by atoms with Crippen molar-refractivity contribution in [2.24, 2.45) is 0 Å². The van der Waals surface area contributed by atoms with Gasteiger partial charge in [0.25, 0.3) is 0 Å². The Labute approximate surface area is 116 Å². The second-order valence-electron chi connectivity index (χ2n) is 4.45. The van der Waals surface area contributed by atoms with Crippen LogP contribution in [0.5, 0.6) is 0 Å². The largest absolute Gasteiger partial charge is 0.399 e. The summed E-state index contributed by atoms with van der Waals surface area (Å²) < 4.78 is 0. The molecule has 0 aliphatic carbocycles. The van der Waals surface area contributed by atoms with E-state index >= 15 is 0 Å². The number of nitrogens with two attached hydrogens (primary N) is 1. The van der Waals surface area contributed by atoms with Gasteiger partial charge in [0.15, 0.2) is 0 Å². The van der Waals surface area contributed by atoms with Crippen molar-refractivity contribution in [1.82, 2.24) is 4.98 Å². The molecule has 96 valence electrons. The average Bonchev–Trinajstić information content (AvgIpc) is 2.49. The maximum Gasteiger partial charge on any atom is 0.101 e. The smallest absolute Gasteiger partial charge is 0.101 e. The van der Waals surface area contributed by atoms with E-state index in [2.05, 4.69) is 16.4 Å². The molecule has 4 heteroatoms. The molecule has 1 heterocycles. The number of fused-ring (bicyclic) bond motifs is 1. The Morgan fingerprint density at radius 3 is 2.85 bits per heavy atom. The van der Waals surface area contributed by atoms with Gasteiger partial charge in [-0.2, -0.15) is 5.26 Å². The van der Waals surface area contributed by atoms with Crippen LogP contribution in [0.25, 0.3) is 10.9 Å². The molecule has 0 spiro atoms. The first-order valence-electron chi connectivity index (χ1n) is 6.18. The molecular weight excluding hydrogens is 248 g/mol. The number of nitrogens with one attached hydrogen (secondary N) is 1. The van der Waals surface area contributed by atoms with Gasteiger partial charge < -0.3 is 11.1 Å². The Bertz CT molecular complexity index is 818. The van der Waals surface area contributed by atoms with Gasteiger partial charge in [0.1, 0.15) is 6.07 Å². The first kappa shape index (κ1) is 12.0. The number of pyridine rings is 1. The Morgan fingerprint density at radius 1 is 1.10 bits per heavy atom. The summed E-state index contributed by atoms with van der Waals surface area (Å²) >= 11 is 0. The van der Waals surface area contributed by atoms with Crippen molar-refractivity contribution >= 4 is 28.0 Å². The van der Waals surface area contributed by atoms with Gasteiger partial charge in [-0.1, -0.05) is 6.07 Å². The minimum absolute atomic E-state index is 0.524. The zero-order valence-electron chi connectivity index (χ0n) is 10.7. The SMILES string of the molecule is N#Cc1cc(N)ccc1Nc1ccc2ncccc2c1. The van der Waals surface area contributed by atoms with E-state index in [1.54, 1.807) is 24.4 Å². The zero-order valence-corrected chi connectivity index (χ0v) is 10.7. The zero-order chi connectivity index (χ0) is 13.9. The number of hydrogen-bond donors (Lipinski definition) is 2. The molecule has 3 aromatic rings. The van der Waals surface area contributed by atoms with Gasteiger partial charge in [-0.15, -0.1) is 0 Å². The van der Waals surface area contributed by atoms with Gasteiger partial charge in [-0.05, 0) is 42.5 Å². The molecule has 0 radical (unpaired) electrons. The van der Waals surface area contributed by atoms with Crippen molar-refractivity contribution in [2.75, 3.05) is 11.1 Å². The first-order valence-corrected chi connectivity index (χ1v) is 6.18. The van der Waals surface area contributed by atoms with Crippen LogP contribution in [-0.4, -0.2) is 4.98 Å². The lowest BCUT2D eigenvalue weighted by atomic mass is 10.1. The maximum atomic E-state index is 9.14. The number of anilines is 3. The molecule has 0 saturated carbocycles. The third-order valence-electron chi connectivity index (χ3n) is 3.05. The normalized spacial score (nSPS) is 10.2. The van der Waals surface area contributed by atoms with Crippen molar-refractivity contribution in [2.45, 2.75) is 0 Å². The lowest BCUT2D eigenvalue weighted by Crippen LogP contribution is -1.95. The Morgan fingerprint density at radius 2 is 2.00 bits per heavy atom. The van der Waals surface area contributed by atoms with Crippen molar-refractivity contribution in [3.63, 3.8) is 0 Å². The Hall–Kier alpha value is -3.06. The minimum atomic E-state index is 0.524. The summed E-state index contributed by atoms with van der Waals surface area (Å²) in [7, 11) is 0. The summed E-state index contributed by atoms with van der Waals surface area (Å²) in [4.78, 5) is 4.28. The molecule has 1 aromatic heterocycles. The van der Waals surface area contributed by atoms with Crippen LogP contribution in [0.2, 0.25) is 0 Å². The van der Waals surface area contributed by atoms with Gasteiger partial charge in [-0.3, -0.25) is 4.98 Å². The Kier molecular flexibility index (Phi) is 2.94. The van der Waals surface area contributed by atoms with Crippen molar-refractivity contribution in [1.29, 1.82) is 5.26 Å². The van der Waals surface area contributed by atoms with Crippen LogP contribution in [0.4, 0.5) is 17.1 Å². The lowest BCUT2D eigenvalue weighted by Gasteiger charge is -2.09. The van der Waals surface area contributed by atoms with E-state index in [9.17, 15) is 0 Å². The van der Waals surface area contributed by atoms with Crippen molar-refractivity contribution in [3.05, 3.63) is 60.3 Å². The van der Waals surface area contributed by atoms with Crippen LogP contribution in [-0.2, 0) is 0 Å². The van der Waals surface area contributed by atoms with Crippen LogP contribution in [0.1, 0.15) is 5.56 Å². The second-order valence-corrected chi connectivity index (χ2v) is 4.45. The van der Waals surface area contributed by atoms with Gasteiger partial charge >= 0.3 is 0 Å². The van der Waals surface area contributed by atoms with Gasteiger partial charge in [0, 0.05) is 23.0 Å². The molecule has 20 heavy (non-hydrogen) atoms. The molecule has 0 fully saturated rings. The van der Waals surface area contributed by atoms with Gasteiger partial charge in [0.05, 0.1) is 16.8 Å². The van der Waals surface area contributed by atoms with Crippen LogP contribution < -0.4 is 11.1 Å². The number of aromatic nitrogens is 1. The molecular formula is C16H12N4. The van der Waals surface area contributed by atoms with Gasteiger partial charge in [0.2, 0.25) is 0 Å². The topological polar surface area (TPSA) is 74.7 Å². The second kappa shape index (κ2) is 4.90. The third kappa shape index (κ3) is 2.25. The van der Waals surface area contributed by atoms with E-state index in [0.29, 0.717) is 11.3 Å². The van der Waals surface area contributed by atoms with Crippen LogP contribution >= 0.6 is 0 Å². The van der Waals surface area contributed by atoms with E-state index < -0.39 is 0 Å². The summed E-state index contributed by atoms with van der Waals surface area (Å²) in [6, 6.07) is 17.2. The van der Waals surface area contributed by atoms with E-state index in [0.717, 1.165) is 22.3 Å². The molecule has 0 aliphatic heterocycles. The highest BCUT2D eigenvalue weighted by molar-refractivity contribution is 5.83. The van der Waals surface area contributed by atoms with E-state index in [1.807, 2.05) is 30.3 Å². The number of hydrogen-bond acceptors (Lipinski definition) is 4. The van der Waals surface area contributed by atoms with E-state index in [1.165, 1.54) is 0 Å². The molecule has 0 atom stereocenters.